The summed E-state index contributed by atoms with van der Waals surface area (Å²) >= 11 is 0. The predicted molar refractivity (Wildman–Crippen MR) is 124 cm³/mol. The third-order valence-electron chi connectivity index (χ3n) is 7.16. The maximum Gasteiger partial charge on any atom is 0.131 e. The number of nitriles is 1. The van der Waals surface area contributed by atoms with Gasteiger partial charge in [0.15, 0.2) is 0 Å². The van der Waals surface area contributed by atoms with Crippen LogP contribution >= 0.6 is 0 Å². The third-order valence-corrected chi connectivity index (χ3v) is 7.16. The minimum Gasteiger partial charge on any atom is -0.206 e. The van der Waals surface area contributed by atoms with Gasteiger partial charge >= 0.3 is 0 Å². The molecule has 0 heterocycles. The van der Waals surface area contributed by atoms with E-state index < -0.39 is 0 Å². The number of nitrogens with zero attached hydrogens (tertiary/aromatic N) is 1. The van der Waals surface area contributed by atoms with Gasteiger partial charge in [-0.1, -0.05) is 89.5 Å². The zero-order chi connectivity index (χ0) is 21.3. The van der Waals surface area contributed by atoms with Gasteiger partial charge in [-0.2, -0.15) is 5.26 Å². The molecule has 3 rings (SSSR count). The molecule has 2 aromatic rings. The average molecular weight is 406 g/mol. The molecule has 0 bridgehead atoms. The van der Waals surface area contributed by atoms with Crippen molar-refractivity contribution in [2.45, 2.75) is 84.0 Å². The van der Waals surface area contributed by atoms with Gasteiger partial charge in [0.25, 0.3) is 0 Å². The van der Waals surface area contributed by atoms with Gasteiger partial charge in [-0.05, 0) is 59.9 Å². The van der Waals surface area contributed by atoms with Gasteiger partial charge in [0.2, 0.25) is 0 Å². The molecule has 1 atom stereocenters. The van der Waals surface area contributed by atoms with Crippen LogP contribution in [0.15, 0.2) is 42.5 Å². The number of rotatable bonds is 9. The van der Waals surface area contributed by atoms with E-state index in [1.807, 2.05) is 18.2 Å². The summed E-state index contributed by atoms with van der Waals surface area (Å²) < 4.78 is 14.9. The lowest BCUT2D eigenvalue weighted by Crippen LogP contribution is -2.19. The van der Waals surface area contributed by atoms with Crippen molar-refractivity contribution < 1.29 is 4.39 Å². The predicted octanol–water partition coefficient (Wildman–Crippen LogP) is 8.63. The Bertz CT molecular complexity index is 825. The van der Waals surface area contributed by atoms with Gasteiger partial charge in [0.1, 0.15) is 5.82 Å². The van der Waals surface area contributed by atoms with Gasteiger partial charge in [-0.3, -0.25) is 0 Å². The summed E-state index contributed by atoms with van der Waals surface area (Å²) in [5.74, 6) is 1.82. The molecule has 0 aliphatic heterocycles. The van der Waals surface area contributed by atoms with Crippen molar-refractivity contribution in [3.8, 4) is 17.2 Å². The molecule has 2 aromatic carbocycles. The van der Waals surface area contributed by atoms with E-state index in [4.69, 9.17) is 5.26 Å². The van der Waals surface area contributed by atoms with E-state index in [1.165, 1.54) is 64.2 Å². The summed E-state index contributed by atoms with van der Waals surface area (Å²) in [5, 5.41) is 8.94. The second-order valence-corrected chi connectivity index (χ2v) is 9.20. The van der Waals surface area contributed by atoms with Crippen LogP contribution in [0.2, 0.25) is 0 Å². The summed E-state index contributed by atoms with van der Waals surface area (Å²) in [7, 11) is 0. The first-order valence-electron chi connectivity index (χ1n) is 11.9. The van der Waals surface area contributed by atoms with Crippen LogP contribution in [-0.4, -0.2) is 0 Å². The maximum absolute atomic E-state index is 14.9. The lowest BCUT2D eigenvalue weighted by Gasteiger charge is -2.32. The summed E-state index contributed by atoms with van der Waals surface area (Å²) in [5.41, 5.74) is 3.15. The Morgan fingerprint density at radius 3 is 2.30 bits per heavy atom. The minimum absolute atomic E-state index is 0.162. The van der Waals surface area contributed by atoms with Crippen molar-refractivity contribution in [3.63, 3.8) is 0 Å². The quantitative estimate of drug-likeness (QED) is 0.383. The van der Waals surface area contributed by atoms with Crippen LogP contribution < -0.4 is 0 Å². The molecule has 160 valence electrons. The Morgan fingerprint density at radius 1 is 0.967 bits per heavy atom. The van der Waals surface area contributed by atoms with Crippen LogP contribution in [0.25, 0.3) is 11.1 Å². The second-order valence-electron chi connectivity index (χ2n) is 9.20. The summed E-state index contributed by atoms with van der Waals surface area (Å²) in [4.78, 5) is 0. The van der Waals surface area contributed by atoms with E-state index in [0.29, 0.717) is 23.0 Å². The standard InChI is InChI=1S/C28H36FN/c1-3-4-5-6-7-8-22-9-13-24(14-10-22)21(2)26-17-18-27(28(29)19-26)25-15-11-23(20-30)12-16-25/h11-12,15-19,21-22,24H,3-10,13-14H2,1-2H3. The van der Waals surface area contributed by atoms with Crippen LogP contribution in [0.5, 0.6) is 0 Å². The van der Waals surface area contributed by atoms with E-state index >= 15 is 0 Å². The summed E-state index contributed by atoms with van der Waals surface area (Å²) in [6.45, 7) is 4.54. The van der Waals surface area contributed by atoms with Crippen molar-refractivity contribution in [1.29, 1.82) is 5.26 Å². The molecule has 0 spiro atoms. The Kier molecular flexibility index (Phi) is 8.50. The van der Waals surface area contributed by atoms with Gasteiger partial charge in [0.05, 0.1) is 11.6 Å². The van der Waals surface area contributed by atoms with Crippen molar-refractivity contribution >= 4 is 0 Å². The normalized spacial score (nSPS) is 19.9. The van der Waals surface area contributed by atoms with Crippen LogP contribution in [0, 0.1) is 29.0 Å². The fourth-order valence-electron chi connectivity index (χ4n) is 5.06. The highest BCUT2D eigenvalue weighted by molar-refractivity contribution is 5.65. The second kappa shape index (κ2) is 11.3. The van der Waals surface area contributed by atoms with Gasteiger partial charge in [0, 0.05) is 5.56 Å². The Morgan fingerprint density at radius 2 is 1.67 bits per heavy atom. The highest BCUT2D eigenvalue weighted by Gasteiger charge is 2.26. The molecular weight excluding hydrogens is 369 g/mol. The summed E-state index contributed by atoms with van der Waals surface area (Å²) in [6, 6.07) is 15.0. The molecule has 1 fully saturated rings. The molecular formula is C28H36FN. The van der Waals surface area contributed by atoms with E-state index in [0.717, 1.165) is 17.0 Å². The molecule has 0 saturated heterocycles. The fourth-order valence-corrected chi connectivity index (χ4v) is 5.06. The maximum atomic E-state index is 14.9. The topological polar surface area (TPSA) is 23.8 Å². The fraction of sp³-hybridized carbons (Fsp3) is 0.536. The first kappa shape index (κ1) is 22.5. The molecule has 2 heteroatoms. The Balaban J connectivity index is 1.54. The average Bonchev–Trinajstić information content (AvgIpc) is 2.79. The molecule has 1 aliphatic rings. The lowest BCUT2D eigenvalue weighted by molar-refractivity contribution is 0.235. The number of halogens is 1. The molecule has 30 heavy (non-hydrogen) atoms. The zero-order valence-corrected chi connectivity index (χ0v) is 18.7. The van der Waals surface area contributed by atoms with E-state index in [1.54, 1.807) is 18.2 Å². The Hall–Kier alpha value is -2.14. The van der Waals surface area contributed by atoms with Crippen LogP contribution in [0.3, 0.4) is 0 Å². The van der Waals surface area contributed by atoms with Crippen molar-refractivity contribution in [1.82, 2.24) is 0 Å². The SMILES string of the molecule is CCCCCCCC1CCC(C(C)c2ccc(-c3ccc(C#N)cc3)c(F)c2)CC1. The minimum atomic E-state index is -0.162. The van der Waals surface area contributed by atoms with Crippen LogP contribution in [0.4, 0.5) is 4.39 Å². The highest BCUT2D eigenvalue weighted by atomic mass is 19.1. The first-order chi connectivity index (χ1) is 14.6. The molecule has 0 aromatic heterocycles. The molecule has 1 saturated carbocycles. The van der Waals surface area contributed by atoms with Crippen LogP contribution in [-0.2, 0) is 0 Å². The third kappa shape index (κ3) is 5.94. The summed E-state index contributed by atoms with van der Waals surface area (Å²) in [6.07, 6.45) is 13.5. The molecule has 1 nitrogen and oxygen atoms in total. The van der Waals surface area contributed by atoms with Crippen LogP contribution in [0.1, 0.15) is 95.1 Å². The lowest BCUT2D eigenvalue weighted by atomic mass is 9.73. The van der Waals surface area contributed by atoms with E-state index in [-0.39, 0.29) is 5.82 Å². The number of hydrogen-bond acceptors (Lipinski definition) is 1. The molecule has 0 amide bonds. The first-order valence-corrected chi connectivity index (χ1v) is 11.9. The van der Waals surface area contributed by atoms with Gasteiger partial charge in [-0.25, -0.2) is 4.39 Å². The number of benzene rings is 2. The van der Waals surface area contributed by atoms with Crippen molar-refractivity contribution in [3.05, 3.63) is 59.4 Å². The smallest absolute Gasteiger partial charge is 0.131 e. The van der Waals surface area contributed by atoms with Crippen molar-refractivity contribution in [2.24, 2.45) is 11.8 Å². The van der Waals surface area contributed by atoms with E-state index in [2.05, 4.69) is 26.0 Å². The largest absolute Gasteiger partial charge is 0.206 e. The highest BCUT2D eigenvalue weighted by Crippen LogP contribution is 2.40. The molecule has 1 aliphatic carbocycles. The monoisotopic (exact) mass is 405 g/mol. The molecule has 0 N–H and O–H groups in total. The number of unbranched alkanes of at least 4 members (excludes halogenated alkanes) is 4. The molecule has 1 unspecified atom stereocenters. The molecule has 0 radical (unpaired) electrons. The Labute approximate surface area is 182 Å². The van der Waals surface area contributed by atoms with Gasteiger partial charge < -0.3 is 0 Å². The van der Waals surface area contributed by atoms with Crippen molar-refractivity contribution in [2.75, 3.05) is 0 Å². The van der Waals surface area contributed by atoms with Gasteiger partial charge in [-0.15, -0.1) is 0 Å². The van der Waals surface area contributed by atoms with E-state index in [9.17, 15) is 4.39 Å². The zero-order valence-electron chi connectivity index (χ0n) is 18.7. The number of hydrogen-bond donors (Lipinski definition) is 0.